The van der Waals surface area contributed by atoms with Crippen LogP contribution >= 0.6 is 11.8 Å². The molecule has 0 saturated carbocycles. The van der Waals surface area contributed by atoms with E-state index in [4.69, 9.17) is 0 Å². The quantitative estimate of drug-likeness (QED) is 0.613. The van der Waals surface area contributed by atoms with Gasteiger partial charge < -0.3 is 0 Å². The van der Waals surface area contributed by atoms with Gasteiger partial charge in [0.25, 0.3) is 0 Å². The summed E-state index contributed by atoms with van der Waals surface area (Å²) in [7, 11) is 0. The number of rotatable bonds is 2. The molecule has 0 atom stereocenters. The first-order valence-corrected chi connectivity index (χ1v) is 4.55. The van der Waals surface area contributed by atoms with Gasteiger partial charge in [-0.05, 0) is 18.6 Å². The molecule has 58 valence electrons. The molecule has 11 heavy (non-hydrogen) atoms. The summed E-state index contributed by atoms with van der Waals surface area (Å²) in [5.41, 5.74) is 4.14. The van der Waals surface area contributed by atoms with Crippen LogP contribution in [0.15, 0.2) is 41.1 Å². The number of hydrogen-bond donors (Lipinski definition) is 0. The zero-order chi connectivity index (χ0) is 8.10. The summed E-state index contributed by atoms with van der Waals surface area (Å²) >= 11 is 1.70. The average molecular weight is 165 g/mol. The van der Waals surface area contributed by atoms with Crippen LogP contribution in [0.2, 0.25) is 0 Å². The summed E-state index contributed by atoms with van der Waals surface area (Å²) in [4.78, 5) is 4.23. The Kier molecular flexibility index (Phi) is 3.17. The van der Waals surface area contributed by atoms with Gasteiger partial charge in [0, 0.05) is 5.75 Å². The van der Waals surface area contributed by atoms with Crippen molar-refractivity contribution in [2.24, 2.45) is 4.99 Å². The molecule has 0 amide bonds. The van der Waals surface area contributed by atoms with Crippen molar-refractivity contribution in [3.8, 4) is 0 Å². The van der Waals surface area contributed by atoms with Crippen LogP contribution in [0.5, 0.6) is 0 Å². The lowest BCUT2D eigenvalue weighted by Gasteiger charge is -2.07. The van der Waals surface area contributed by atoms with Gasteiger partial charge in [0.15, 0.2) is 0 Å². The molecule has 0 bridgehead atoms. The lowest BCUT2D eigenvalue weighted by atomic mass is 10.2. The first-order valence-electron chi connectivity index (χ1n) is 3.51. The molecule has 0 saturated heterocycles. The standard InChI is InChI=1S/C9H11NS/c1-3-5-9-8(4-2)6-11-7-10-9/h3-5,7H,2,6H2,1H3/b5-3-. The van der Waals surface area contributed by atoms with Crippen LogP contribution in [0.1, 0.15) is 6.92 Å². The van der Waals surface area contributed by atoms with Gasteiger partial charge in [-0.15, -0.1) is 11.8 Å². The number of nitrogens with zero attached hydrogens (tertiary/aromatic N) is 1. The van der Waals surface area contributed by atoms with Crippen LogP contribution < -0.4 is 0 Å². The zero-order valence-corrected chi connectivity index (χ0v) is 7.40. The van der Waals surface area contributed by atoms with Crippen LogP contribution in [0, 0.1) is 0 Å². The van der Waals surface area contributed by atoms with Crippen molar-refractivity contribution < 1.29 is 0 Å². The summed E-state index contributed by atoms with van der Waals surface area (Å²) in [6.45, 7) is 5.73. The highest BCUT2D eigenvalue weighted by atomic mass is 32.2. The Balaban J connectivity index is 2.91. The monoisotopic (exact) mass is 165 g/mol. The van der Waals surface area contributed by atoms with Crippen molar-refractivity contribution >= 4 is 17.3 Å². The van der Waals surface area contributed by atoms with E-state index in [1.54, 1.807) is 11.8 Å². The summed E-state index contributed by atoms with van der Waals surface area (Å²) in [5.74, 6) is 0.993. The van der Waals surface area contributed by atoms with Crippen molar-refractivity contribution in [2.45, 2.75) is 6.92 Å². The lowest BCUT2D eigenvalue weighted by Crippen LogP contribution is -1.93. The maximum absolute atomic E-state index is 4.23. The maximum atomic E-state index is 4.23. The number of hydrogen-bond acceptors (Lipinski definition) is 2. The number of allylic oxidation sites excluding steroid dienone is 3. The smallest absolute Gasteiger partial charge is 0.0672 e. The highest BCUT2D eigenvalue weighted by Gasteiger charge is 2.02. The molecule has 0 radical (unpaired) electrons. The summed E-state index contributed by atoms with van der Waals surface area (Å²) in [6, 6.07) is 0. The molecule has 1 rings (SSSR count). The molecule has 0 aromatic rings. The molecule has 1 aliphatic rings. The van der Waals surface area contributed by atoms with Gasteiger partial charge in [0.2, 0.25) is 0 Å². The van der Waals surface area contributed by atoms with Crippen molar-refractivity contribution in [3.63, 3.8) is 0 Å². The average Bonchev–Trinajstić information content (AvgIpc) is 2.06. The third-order valence-corrected chi connectivity index (χ3v) is 2.14. The highest BCUT2D eigenvalue weighted by molar-refractivity contribution is 8.12. The molecule has 2 heteroatoms. The highest BCUT2D eigenvalue weighted by Crippen LogP contribution is 2.19. The molecule has 0 aromatic carbocycles. The fraction of sp³-hybridized carbons (Fsp3) is 0.222. The second-order valence-electron chi connectivity index (χ2n) is 2.16. The minimum atomic E-state index is 0.993. The fourth-order valence-corrected chi connectivity index (χ4v) is 1.56. The van der Waals surface area contributed by atoms with E-state index >= 15 is 0 Å². The Morgan fingerprint density at radius 3 is 3.18 bits per heavy atom. The van der Waals surface area contributed by atoms with Crippen molar-refractivity contribution in [3.05, 3.63) is 36.1 Å². The van der Waals surface area contributed by atoms with Gasteiger partial charge >= 0.3 is 0 Å². The number of thioether (sulfide) groups is 1. The third-order valence-electron chi connectivity index (χ3n) is 1.41. The normalized spacial score (nSPS) is 17.9. The van der Waals surface area contributed by atoms with Gasteiger partial charge in [0.05, 0.1) is 11.2 Å². The predicted octanol–water partition coefficient (Wildman–Crippen LogP) is 2.78. The van der Waals surface area contributed by atoms with E-state index in [9.17, 15) is 0 Å². The molecule has 1 aliphatic heterocycles. The lowest BCUT2D eigenvalue weighted by molar-refractivity contribution is 1.32. The van der Waals surface area contributed by atoms with E-state index in [0.29, 0.717) is 0 Å². The van der Waals surface area contributed by atoms with Crippen LogP contribution in [0.25, 0.3) is 0 Å². The second kappa shape index (κ2) is 4.19. The summed E-state index contributed by atoms with van der Waals surface area (Å²) < 4.78 is 0. The Hall–Kier alpha value is -0.760. The first kappa shape index (κ1) is 8.34. The third kappa shape index (κ3) is 2.09. The number of aliphatic imine (C=N–C) groups is 1. The molecule has 0 aliphatic carbocycles. The van der Waals surface area contributed by atoms with Crippen molar-refractivity contribution in [1.29, 1.82) is 0 Å². The van der Waals surface area contributed by atoms with Crippen LogP contribution in [-0.2, 0) is 0 Å². The van der Waals surface area contributed by atoms with E-state index < -0.39 is 0 Å². The Morgan fingerprint density at radius 1 is 1.73 bits per heavy atom. The Bertz CT molecular complexity index is 232. The van der Waals surface area contributed by atoms with E-state index in [1.807, 2.05) is 30.7 Å². The van der Waals surface area contributed by atoms with Gasteiger partial charge in [0.1, 0.15) is 0 Å². The van der Waals surface area contributed by atoms with E-state index in [0.717, 1.165) is 11.4 Å². The summed E-state index contributed by atoms with van der Waals surface area (Å²) in [6.07, 6.45) is 5.87. The van der Waals surface area contributed by atoms with E-state index in [1.165, 1.54) is 5.57 Å². The van der Waals surface area contributed by atoms with Gasteiger partial charge in [-0.1, -0.05) is 18.7 Å². The fourth-order valence-electron chi connectivity index (χ4n) is 0.849. The van der Waals surface area contributed by atoms with Gasteiger partial charge in [-0.3, -0.25) is 0 Å². The predicted molar refractivity (Wildman–Crippen MR) is 53.0 cm³/mol. The summed E-state index contributed by atoms with van der Waals surface area (Å²) in [5, 5.41) is 0. The zero-order valence-electron chi connectivity index (χ0n) is 6.58. The molecule has 0 spiro atoms. The Labute approximate surface area is 71.6 Å². The SMILES string of the molecule is C=CC1=C(/C=C\C)N=CSC1. The Morgan fingerprint density at radius 2 is 2.55 bits per heavy atom. The molecular weight excluding hydrogens is 154 g/mol. The molecule has 0 N–H and O–H groups in total. The minimum absolute atomic E-state index is 0.993. The minimum Gasteiger partial charge on any atom is -0.250 e. The first-order chi connectivity index (χ1) is 5.38. The van der Waals surface area contributed by atoms with Crippen LogP contribution in [-0.4, -0.2) is 11.3 Å². The molecular formula is C9H11NS. The van der Waals surface area contributed by atoms with Crippen molar-refractivity contribution in [1.82, 2.24) is 0 Å². The molecule has 0 fully saturated rings. The molecule has 1 nitrogen and oxygen atoms in total. The maximum Gasteiger partial charge on any atom is 0.0672 e. The van der Waals surface area contributed by atoms with E-state index in [-0.39, 0.29) is 0 Å². The van der Waals surface area contributed by atoms with Crippen molar-refractivity contribution in [2.75, 3.05) is 5.75 Å². The topological polar surface area (TPSA) is 12.4 Å². The molecule has 1 heterocycles. The molecule has 0 aromatic heterocycles. The second-order valence-corrected chi connectivity index (χ2v) is 2.99. The molecule has 0 unspecified atom stereocenters. The van der Waals surface area contributed by atoms with Gasteiger partial charge in [-0.25, -0.2) is 4.99 Å². The van der Waals surface area contributed by atoms with Gasteiger partial charge in [-0.2, -0.15) is 0 Å². The van der Waals surface area contributed by atoms with E-state index in [2.05, 4.69) is 11.6 Å². The largest absolute Gasteiger partial charge is 0.250 e. The van der Waals surface area contributed by atoms with Crippen LogP contribution in [0.4, 0.5) is 0 Å². The van der Waals surface area contributed by atoms with Crippen LogP contribution in [0.3, 0.4) is 0 Å².